The van der Waals surface area contributed by atoms with Crippen molar-refractivity contribution in [1.29, 1.82) is 0 Å². The molecule has 3 aliphatic heterocycles. The normalized spacial score (nSPS) is 42.0. The molecule has 19 heavy (non-hydrogen) atoms. The van der Waals surface area contributed by atoms with Gasteiger partial charge in [-0.25, -0.2) is 0 Å². The molecule has 3 saturated heterocycles. The number of ether oxygens (including phenoxy) is 1. The topological polar surface area (TPSA) is 41.7 Å². The summed E-state index contributed by atoms with van der Waals surface area (Å²) in [7, 11) is 0. The summed E-state index contributed by atoms with van der Waals surface area (Å²) in [5.74, 6) is 0. The van der Waals surface area contributed by atoms with E-state index in [-0.39, 0.29) is 5.54 Å². The lowest BCUT2D eigenvalue weighted by molar-refractivity contribution is 0.0125. The van der Waals surface area contributed by atoms with E-state index in [4.69, 9.17) is 10.5 Å². The maximum Gasteiger partial charge on any atom is 0.0674 e. The summed E-state index contributed by atoms with van der Waals surface area (Å²) in [6, 6.07) is 0.691. The monoisotopic (exact) mass is 267 g/mol. The molecule has 4 heteroatoms. The van der Waals surface area contributed by atoms with Gasteiger partial charge in [0, 0.05) is 44.4 Å². The Morgan fingerprint density at radius 2 is 2.11 bits per heavy atom. The molecule has 3 fully saturated rings. The molecule has 3 rings (SSSR count). The van der Waals surface area contributed by atoms with Gasteiger partial charge in [0.2, 0.25) is 0 Å². The third-order valence-electron chi connectivity index (χ3n) is 5.50. The van der Waals surface area contributed by atoms with Gasteiger partial charge in [-0.15, -0.1) is 0 Å². The minimum Gasteiger partial charge on any atom is -0.377 e. The maximum atomic E-state index is 6.29. The fourth-order valence-corrected chi connectivity index (χ4v) is 4.51. The van der Waals surface area contributed by atoms with E-state index >= 15 is 0 Å². The highest BCUT2D eigenvalue weighted by Gasteiger charge is 2.50. The van der Waals surface area contributed by atoms with Gasteiger partial charge in [0.15, 0.2) is 0 Å². The van der Waals surface area contributed by atoms with Gasteiger partial charge in [-0.2, -0.15) is 0 Å². The molecule has 0 aromatic heterocycles. The number of nitrogens with zero attached hydrogens (tertiary/aromatic N) is 2. The maximum absolute atomic E-state index is 6.29. The van der Waals surface area contributed by atoms with Gasteiger partial charge in [0.1, 0.15) is 0 Å². The van der Waals surface area contributed by atoms with Crippen LogP contribution in [0.2, 0.25) is 0 Å². The average Bonchev–Trinajstić information content (AvgIpc) is 2.68. The van der Waals surface area contributed by atoms with Crippen LogP contribution >= 0.6 is 0 Å². The van der Waals surface area contributed by atoms with Crippen molar-refractivity contribution in [2.75, 3.05) is 39.3 Å². The first kappa shape index (κ1) is 13.8. The van der Waals surface area contributed by atoms with Gasteiger partial charge >= 0.3 is 0 Å². The standard InChI is InChI=1S/C15H29N3O/c1-13-11-18(8-4-10-19-13)15(12-16)6-9-17-7-3-2-5-14(15)17/h13-14H,2-12,16H2,1H3. The second-order valence-electron chi connectivity index (χ2n) is 6.59. The molecular formula is C15H29N3O. The lowest BCUT2D eigenvalue weighted by Crippen LogP contribution is -2.62. The molecule has 0 aromatic rings. The summed E-state index contributed by atoms with van der Waals surface area (Å²) in [6.45, 7) is 8.66. The highest BCUT2D eigenvalue weighted by atomic mass is 16.5. The molecule has 0 aliphatic carbocycles. The molecular weight excluding hydrogens is 238 g/mol. The van der Waals surface area contributed by atoms with E-state index < -0.39 is 0 Å². The Bertz CT molecular complexity index is 312. The molecule has 0 saturated carbocycles. The number of fused-ring (bicyclic) bond motifs is 1. The molecule has 0 aromatic carbocycles. The van der Waals surface area contributed by atoms with Crippen molar-refractivity contribution in [2.45, 2.75) is 56.7 Å². The van der Waals surface area contributed by atoms with Crippen LogP contribution in [-0.2, 0) is 4.74 Å². The van der Waals surface area contributed by atoms with Gasteiger partial charge in [0.25, 0.3) is 0 Å². The van der Waals surface area contributed by atoms with E-state index in [1.807, 2.05) is 0 Å². The van der Waals surface area contributed by atoms with Gasteiger partial charge in [-0.05, 0) is 39.2 Å². The average molecular weight is 267 g/mol. The number of nitrogens with two attached hydrogens (primary N) is 1. The van der Waals surface area contributed by atoms with Gasteiger partial charge in [0.05, 0.1) is 6.10 Å². The molecule has 3 heterocycles. The van der Waals surface area contributed by atoms with Crippen molar-refractivity contribution >= 4 is 0 Å². The Balaban J connectivity index is 1.81. The van der Waals surface area contributed by atoms with E-state index in [9.17, 15) is 0 Å². The molecule has 2 N–H and O–H groups in total. The predicted octanol–water partition coefficient (Wildman–Crippen LogP) is 1.05. The SMILES string of the molecule is CC1CN(C2(CN)CCN3CCCCC32)CCCO1. The van der Waals surface area contributed by atoms with Crippen LogP contribution in [0.15, 0.2) is 0 Å². The second-order valence-corrected chi connectivity index (χ2v) is 6.59. The fraction of sp³-hybridized carbons (Fsp3) is 1.00. The Kier molecular flexibility index (Phi) is 4.13. The van der Waals surface area contributed by atoms with Crippen molar-refractivity contribution in [3.05, 3.63) is 0 Å². The molecule has 0 spiro atoms. The van der Waals surface area contributed by atoms with Crippen LogP contribution in [0.5, 0.6) is 0 Å². The number of rotatable bonds is 2. The lowest BCUT2D eigenvalue weighted by atomic mass is 9.83. The second kappa shape index (κ2) is 5.68. The largest absolute Gasteiger partial charge is 0.377 e. The predicted molar refractivity (Wildman–Crippen MR) is 77.2 cm³/mol. The van der Waals surface area contributed by atoms with Crippen LogP contribution in [0.3, 0.4) is 0 Å². The summed E-state index contributed by atoms with van der Waals surface area (Å²) in [5, 5.41) is 0. The first-order chi connectivity index (χ1) is 9.26. The van der Waals surface area contributed by atoms with Crippen molar-refractivity contribution in [3.8, 4) is 0 Å². The number of piperidine rings is 1. The molecule has 3 unspecified atom stereocenters. The smallest absolute Gasteiger partial charge is 0.0674 e. The zero-order valence-electron chi connectivity index (χ0n) is 12.3. The highest BCUT2D eigenvalue weighted by Crippen LogP contribution is 2.39. The zero-order chi connectivity index (χ0) is 13.3. The first-order valence-electron chi connectivity index (χ1n) is 8.07. The lowest BCUT2D eigenvalue weighted by Gasteiger charge is -2.47. The third-order valence-corrected chi connectivity index (χ3v) is 5.50. The summed E-state index contributed by atoms with van der Waals surface area (Å²) in [6.07, 6.45) is 6.84. The molecule has 110 valence electrons. The summed E-state index contributed by atoms with van der Waals surface area (Å²) >= 11 is 0. The van der Waals surface area contributed by atoms with Gasteiger partial charge in [-0.1, -0.05) is 6.42 Å². The van der Waals surface area contributed by atoms with Crippen LogP contribution in [0.4, 0.5) is 0 Å². The third kappa shape index (κ3) is 2.44. The Hall–Kier alpha value is -0.160. The van der Waals surface area contributed by atoms with Crippen molar-refractivity contribution < 1.29 is 4.74 Å². The quantitative estimate of drug-likeness (QED) is 0.812. The summed E-state index contributed by atoms with van der Waals surface area (Å²) in [4.78, 5) is 5.38. The Morgan fingerprint density at radius 1 is 1.21 bits per heavy atom. The van der Waals surface area contributed by atoms with E-state index in [0.717, 1.165) is 32.7 Å². The van der Waals surface area contributed by atoms with Gasteiger partial charge < -0.3 is 10.5 Å². The Labute approximate surface area is 117 Å². The van der Waals surface area contributed by atoms with Crippen LogP contribution in [-0.4, -0.2) is 66.8 Å². The zero-order valence-corrected chi connectivity index (χ0v) is 12.3. The molecule has 3 atom stereocenters. The van der Waals surface area contributed by atoms with E-state index in [0.29, 0.717) is 12.1 Å². The van der Waals surface area contributed by atoms with Gasteiger partial charge in [-0.3, -0.25) is 9.80 Å². The number of hydrogen-bond donors (Lipinski definition) is 1. The summed E-state index contributed by atoms with van der Waals surface area (Å²) in [5.41, 5.74) is 6.52. The summed E-state index contributed by atoms with van der Waals surface area (Å²) < 4.78 is 5.82. The highest BCUT2D eigenvalue weighted by molar-refractivity contribution is 5.09. The molecule has 0 amide bonds. The van der Waals surface area contributed by atoms with Crippen molar-refractivity contribution in [3.63, 3.8) is 0 Å². The Morgan fingerprint density at radius 3 is 2.95 bits per heavy atom. The molecule has 3 aliphatic rings. The van der Waals surface area contributed by atoms with Crippen molar-refractivity contribution in [1.82, 2.24) is 9.80 Å². The van der Waals surface area contributed by atoms with Crippen molar-refractivity contribution in [2.24, 2.45) is 5.73 Å². The van der Waals surface area contributed by atoms with E-state index in [2.05, 4.69) is 16.7 Å². The van der Waals surface area contributed by atoms with Crippen LogP contribution in [0, 0.1) is 0 Å². The van der Waals surface area contributed by atoms with E-state index in [1.54, 1.807) is 0 Å². The fourth-order valence-electron chi connectivity index (χ4n) is 4.51. The minimum absolute atomic E-state index is 0.225. The number of hydrogen-bond acceptors (Lipinski definition) is 4. The van der Waals surface area contributed by atoms with Crippen LogP contribution < -0.4 is 5.73 Å². The minimum atomic E-state index is 0.225. The van der Waals surface area contributed by atoms with Crippen LogP contribution in [0.25, 0.3) is 0 Å². The molecule has 0 radical (unpaired) electrons. The van der Waals surface area contributed by atoms with Crippen LogP contribution in [0.1, 0.15) is 39.0 Å². The molecule has 4 nitrogen and oxygen atoms in total. The molecule has 0 bridgehead atoms. The first-order valence-corrected chi connectivity index (χ1v) is 8.07. The van der Waals surface area contributed by atoms with E-state index in [1.165, 1.54) is 38.8 Å².